The summed E-state index contributed by atoms with van der Waals surface area (Å²) >= 11 is 0. The lowest BCUT2D eigenvalue weighted by Gasteiger charge is -2.67. The van der Waals surface area contributed by atoms with Crippen molar-refractivity contribution in [2.24, 2.45) is 45.8 Å². The molecule has 258 valence electrons. The quantitative estimate of drug-likeness (QED) is 0.296. The second-order valence-electron chi connectivity index (χ2n) is 15.7. The number of hydrogen-bond donors (Lipinski definition) is 1. The average Bonchev–Trinajstić information content (AvgIpc) is 3.68. The molecule has 0 aromatic carbocycles. The lowest BCUT2D eigenvalue weighted by molar-refractivity contribution is -0.326. The van der Waals surface area contributed by atoms with E-state index in [-0.39, 0.29) is 6.42 Å². The van der Waals surface area contributed by atoms with Crippen molar-refractivity contribution in [3.63, 3.8) is 0 Å². The minimum atomic E-state index is -2.02. The second-order valence-corrected chi connectivity index (χ2v) is 15.7. The first-order valence-corrected chi connectivity index (χ1v) is 16.8. The van der Waals surface area contributed by atoms with Crippen LogP contribution in [-0.4, -0.2) is 59.7 Å². The summed E-state index contributed by atoms with van der Waals surface area (Å²) in [5.74, 6) is -7.18. The van der Waals surface area contributed by atoms with E-state index in [1.54, 1.807) is 33.1 Å². The third-order valence-corrected chi connectivity index (χ3v) is 12.7. The fourth-order valence-electron chi connectivity index (χ4n) is 10.1. The van der Waals surface area contributed by atoms with E-state index in [9.17, 15) is 24.3 Å². The lowest BCUT2D eigenvalue weighted by Crippen LogP contribution is -2.76. The Kier molecular flexibility index (Phi) is 7.83. The van der Waals surface area contributed by atoms with Gasteiger partial charge in [0.05, 0.1) is 37.4 Å². The number of aliphatic hydroxyl groups is 1. The maximum Gasteiger partial charge on any atom is 0.331 e. The van der Waals surface area contributed by atoms with E-state index >= 15 is 0 Å². The summed E-state index contributed by atoms with van der Waals surface area (Å²) in [7, 11) is 1.32. The van der Waals surface area contributed by atoms with Crippen molar-refractivity contribution in [3.8, 4) is 0 Å². The Morgan fingerprint density at radius 1 is 1.06 bits per heavy atom. The number of carbonyl (C=O) groups excluding carboxylic acids is 4. The first-order valence-electron chi connectivity index (χ1n) is 16.8. The van der Waals surface area contributed by atoms with Crippen molar-refractivity contribution >= 4 is 23.9 Å². The SMILES string of the molecule is CC[C@H](C)C(=O)O[C@@H]1[C@@H]2[C@@H](OC(=O)C(C)C)[C@@]34O[C@]2(O)[C@@](C)([C@@H](CC(=O)OC)C1(C)C)[C@H]3CC[C@]1(C)C4=CC(=O)O[C@H]1c1ccoc1. The van der Waals surface area contributed by atoms with E-state index < -0.39 is 99.4 Å². The fourth-order valence-corrected chi connectivity index (χ4v) is 10.1. The Labute approximate surface area is 275 Å². The molecule has 1 N–H and O–H groups in total. The van der Waals surface area contributed by atoms with Crippen LogP contribution in [0.1, 0.15) is 92.7 Å². The molecule has 2 bridgehead atoms. The molecule has 4 heterocycles. The van der Waals surface area contributed by atoms with Crippen LogP contribution in [0.3, 0.4) is 0 Å². The van der Waals surface area contributed by atoms with E-state index in [0.29, 0.717) is 30.4 Å². The van der Waals surface area contributed by atoms with Crippen LogP contribution >= 0.6 is 0 Å². The molecular formula is C36H48O11. The van der Waals surface area contributed by atoms with Gasteiger partial charge in [-0.1, -0.05) is 55.4 Å². The van der Waals surface area contributed by atoms with Gasteiger partial charge in [-0.05, 0) is 36.8 Å². The molecule has 0 radical (unpaired) electrons. The van der Waals surface area contributed by atoms with Gasteiger partial charge in [0.2, 0.25) is 0 Å². The third-order valence-electron chi connectivity index (χ3n) is 12.7. The van der Waals surface area contributed by atoms with E-state index in [1.165, 1.54) is 19.4 Å². The summed E-state index contributed by atoms with van der Waals surface area (Å²) in [4.78, 5) is 53.7. The molecule has 2 saturated carbocycles. The molecule has 11 atom stereocenters. The van der Waals surface area contributed by atoms with Crippen molar-refractivity contribution < 1.29 is 52.4 Å². The zero-order chi connectivity index (χ0) is 34.5. The summed E-state index contributed by atoms with van der Waals surface area (Å²) in [5, 5.41) is 13.2. The number of ether oxygens (including phenoxy) is 5. The predicted molar refractivity (Wildman–Crippen MR) is 165 cm³/mol. The molecule has 11 heteroatoms. The van der Waals surface area contributed by atoms with Crippen molar-refractivity contribution in [1.82, 2.24) is 0 Å². The summed E-state index contributed by atoms with van der Waals surface area (Å²) in [6, 6.07) is 1.75. The molecule has 0 unspecified atom stereocenters. The van der Waals surface area contributed by atoms with Gasteiger partial charge >= 0.3 is 23.9 Å². The lowest BCUT2D eigenvalue weighted by atomic mass is 9.37. The van der Waals surface area contributed by atoms with Crippen LogP contribution in [-0.2, 0) is 42.9 Å². The van der Waals surface area contributed by atoms with Crippen molar-refractivity contribution in [3.05, 3.63) is 35.8 Å². The van der Waals surface area contributed by atoms with Crippen LogP contribution < -0.4 is 0 Å². The zero-order valence-electron chi connectivity index (χ0n) is 28.8. The average molecular weight is 657 g/mol. The molecule has 2 saturated heterocycles. The molecule has 5 aliphatic rings. The molecule has 4 fully saturated rings. The number of carbonyl (C=O) groups is 4. The smallest absolute Gasteiger partial charge is 0.331 e. The monoisotopic (exact) mass is 656 g/mol. The Morgan fingerprint density at radius 3 is 2.34 bits per heavy atom. The number of esters is 4. The van der Waals surface area contributed by atoms with Gasteiger partial charge in [0.25, 0.3) is 0 Å². The van der Waals surface area contributed by atoms with Crippen LogP contribution in [0.4, 0.5) is 0 Å². The van der Waals surface area contributed by atoms with Gasteiger partial charge in [-0.15, -0.1) is 0 Å². The first-order chi connectivity index (χ1) is 21.9. The number of fused-ring (bicyclic) bond motifs is 2. The van der Waals surface area contributed by atoms with Gasteiger partial charge in [0, 0.05) is 40.2 Å². The Balaban J connectivity index is 1.62. The molecule has 1 aromatic rings. The highest BCUT2D eigenvalue weighted by Gasteiger charge is 2.90. The fraction of sp³-hybridized carbons (Fsp3) is 0.722. The third kappa shape index (κ3) is 4.30. The van der Waals surface area contributed by atoms with Gasteiger partial charge in [-0.3, -0.25) is 14.4 Å². The number of hydrogen-bond acceptors (Lipinski definition) is 11. The number of furan rings is 1. The van der Waals surface area contributed by atoms with Gasteiger partial charge in [0.15, 0.2) is 5.79 Å². The molecule has 11 nitrogen and oxygen atoms in total. The summed E-state index contributed by atoms with van der Waals surface area (Å²) < 4.78 is 36.3. The van der Waals surface area contributed by atoms with Crippen LogP contribution in [0, 0.1) is 45.8 Å². The van der Waals surface area contributed by atoms with E-state index in [0.717, 1.165) is 0 Å². The predicted octanol–water partition coefficient (Wildman–Crippen LogP) is 5.06. The maximum absolute atomic E-state index is 13.6. The van der Waals surface area contributed by atoms with E-state index in [1.807, 2.05) is 34.6 Å². The minimum Gasteiger partial charge on any atom is -0.472 e. The second kappa shape index (κ2) is 10.9. The maximum atomic E-state index is 13.6. The Bertz CT molecular complexity index is 1490. The standard InChI is InChI=1S/C36H48O11/c1-10-19(4)31(40)45-28-26-29(46-30(39)18(2)3)35-21(34(8,36(26,41)47-35)22(32(28,5)6)15-24(37)42-9)11-13-33(7)23(35)16-25(38)44-27(33)20-12-14-43-17-20/h12,14,16-19,21-22,26-29,41H,10-11,13,15H2,1-9H3/t19-,21+,22-,26+,27-,28+,29+,33+,34+,35+,36-/m0/s1. The van der Waals surface area contributed by atoms with Crippen LogP contribution in [0.25, 0.3) is 0 Å². The molecular weight excluding hydrogens is 608 g/mol. The summed E-state index contributed by atoms with van der Waals surface area (Å²) in [5.41, 5.74) is -3.15. The van der Waals surface area contributed by atoms with Gasteiger partial charge < -0.3 is 33.2 Å². The van der Waals surface area contributed by atoms with Crippen molar-refractivity contribution in [1.29, 1.82) is 0 Å². The normalized spacial score (nSPS) is 41.7. The Hall–Kier alpha value is -3.18. The van der Waals surface area contributed by atoms with Gasteiger partial charge in [-0.2, -0.15) is 0 Å². The molecule has 0 amide bonds. The highest BCUT2D eigenvalue weighted by Crippen LogP contribution is 2.81. The Morgan fingerprint density at radius 2 is 1.74 bits per heavy atom. The van der Waals surface area contributed by atoms with Gasteiger partial charge in [0.1, 0.15) is 23.9 Å². The topological polar surface area (TPSA) is 148 Å². The van der Waals surface area contributed by atoms with E-state index in [4.69, 9.17) is 28.1 Å². The number of cyclic esters (lactones) is 1. The van der Waals surface area contributed by atoms with Crippen LogP contribution in [0.2, 0.25) is 0 Å². The minimum absolute atomic E-state index is 0.0746. The van der Waals surface area contributed by atoms with Crippen molar-refractivity contribution in [2.45, 2.75) is 111 Å². The van der Waals surface area contributed by atoms with E-state index in [2.05, 4.69) is 0 Å². The largest absolute Gasteiger partial charge is 0.472 e. The highest BCUT2D eigenvalue weighted by atomic mass is 16.7. The highest BCUT2D eigenvalue weighted by molar-refractivity contribution is 5.86. The van der Waals surface area contributed by atoms with Crippen molar-refractivity contribution in [2.75, 3.05) is 7.11 Å². The molecule has 1 spiro atoms. The molecule has 6 rings (SSSR count). The van der Waals surface area contributed by atoms with Crippen LogP contribution in [0.15, 0.2) is 34.7 Å². The summed E-state index contributed by atoms with van der Waals surface area (Å²) in [6.07, 6.45) is 3.07. The summed E-state index contributed by atoms with van der Waals surface area (Å²) in [6.45, 7) is 14.9. The molecule has 47 heavy (non-hydrogen) atoms. The number of rotatable bonds is 8. The van der Waals surface area contributed by atoms with Gasteiger partial charge in [-0.25, -0.2) is 4.79 Å². The number of methoxy groups -OCH3 is 1. The molecule has 3 aliphatic heterocycles. The molecule has 1 aromatic heterocycles. The first kappa shape index (κ1) is 33.7. The van der Waals surface area contributed by atoms with Crippen LogP contribution in [0.5, 0.6) is 0 Å². The zero-order valence-corrected chi connectivity index (χ0v) is 28.8. The molecule has 2 aliphatic carbocycles.